The number of thioether (sulfide) groups is 1. The Labute approximate surface area is 220 Å². The Kier molecular flexibility index (Phi) is 9.03. The summed E-state index contributed by atoms with van der Waals surface area (Å²) in [7, 11) is 3.32. The molecule has 0 radical (unpaired) electrons. The van der Waals surface area contributed by atoms with Gasteiger partial charge in [0, 0.05) is 20.9 Å². The fourth-order valence-corrected chi connectivity index (χ4v) is 5.62. The predicted octanol–water partition coefficient (Wildman–Crippen LogP) is 7.23. The molecule has 0 unspecified atom stereocenters. The first kappa shape index (κ1) is 25.8. The van der Waals surface area contributed by atoms with E-state index in [1.165, 1.54) is 27.8 Å². The van der Waals surface area contributed by atoms with Gasteiger partial charge in [0.05, 0.1) is 26.5 Å². The van der Waals surface area contributed by atoms with Crippen molar-refractivity contribution in [1.29, 1.82) is 0 Å². The minimum Gasteiger partial charge on any atom is -0.497 e. The van der Waals surface area contributed by atoms with Gasteiger partial charge in [-0.05, 0) is 84.4 Å². The predicted molar refractivity (Wildman–Crippen MR) is 149 cm³/mol. The van der Waals surface area contributed by atoms with Crippen molar-refractivity contribution in [2.45, 2.75) is 22.5 Å². The van der Waals surface area contributed by atoms with E-state index in [1.54, 1.807) is 26.0 Å². The standard InChI is InChI=1S/C29H29NO4S2/c1-4-34-29(31)19-30(36-25-16-12-23(33-3)13-17-25)28-18-9-21(26-7-5-6-8-27(26)28)20-35-24-14-10-22(32-2)11-15-24/h5-18H,4,19-20H2,1-3H3. The highest BCUT2D eigenvalue weighted by atomic mass is 32.2. The van der Waals surface area contributed by atoms with E-state index in [9.17, 15) is 4.79 Å². The Balaban J connectivity index is 1.63. The summed E-state index contributed by atoms with van der Waals surface area (Å²) in [6, 6.07) is 28.5. The normalized spacial score (nSPS) is 10.8. The molecule has 0 atom stereocenters. The maximum absolute atomic E-state index is 12.5. The fraction of sp³-hybridized carbons (Fsp3) is 0.207. The van der Waals surface area contributed by atoms with Crippen molar-refractivity contribution in [3.05, 3.63) is 90.5 Å². The average molecular weight is 520 g/mol. The topological polar surface area (TPSA) is 48.0 Å². The Hall–Kier alpha value is -3.29. The summed E-state index contributed by atoms with van der Waals surface area (Å²) >= 11 is 3.29. The van der Waals surface area contributed by atoms with Crippen LogP contribution >= 0.6 is 23.7 Å². The molecule has 0 aliphatic heterocycles. The van der Waals surface area contributed by atoms with Crippen LogP contribution < -0.4 is 13.8 Å². The minimum absolute atomic E-state index is 0.133. The summed E-state index contributed by atoms with van der Waals surface area (Å²) < 4.78 is 17.8. The maximum Gasteiger partial charge on any atom is 0.326 e. The number of esters is 1. The fourth-order valence-electron chi connectivity index (χ4n) is 3.78. The summed E-state index contributed by atoms with van der Waals surface area (Å²) in [5.74, 6) is 2.21. The van der Waals surface area contributed by atoms with Crippen molar-refractivity contribution in [3.63, 3.8) is 0 Å². The van der Waals surface area contributed by atoms with Gasteiger partial charge in [-0.1, -0.05) is 30.3 Å². The van der Waals surface area contributed by atoms with Crippen molar-refractivity contribution in [2.75, 3.05) is 31.7 Å². The van der Waals surface area contributed by atoms with Crippen LogP contribution in [0.25, 0.3) is 10.8 Å². The zero-order chi connectivity index (χ0) is 25.3. The van der Waals surface area contributed by atoms with Crippen molar-refractivity contribution in [3.8, 4) is 11.5 Å². The van der Waals surface area contributed by atoms with E-state index in [2.05, 4.69) is 42.5 Å². The zero-order valence-corrected chi connectivity index (χ0v) is 22.2. The second kappa shape index (κ2) is 12.6. The Morgan fingerprint density at radius 2 is 1.39 bits per heavy atom. The number of hydrogen-bond donors (Lipinski definition) is 0. The Morgan fingerprint density at radius 1 is 0.778 bits per heavy atom. The summed E-state index contributed by atoms with van der Waals surface area (Å²) in [5.41, 5.74) is 2.21. The van der Waals surface area contributed by atoms with Crippen LogP contribution in [0.15, 0.2) is 94.7 Å². The smallest absolute Gasteiger partial charge is 0.326 e. The third-order valence-electron chi connectivity index (χ3n) is 5.57. The lowest BCUT2D eigenvalue weighted by Gasteiger charge is -2.25. The largest absolute Gasteiger partial charge is 0.497 e. The lowest BCUT2D eigenvalue weighted by molar-refractivity contribution is -0.141. The van der Waals surface area contributed by atoms with Gasteiger partial charge in [0.1, 0.15) is 18.0 Å². The number of fused-ring (bicyclic) bond motifs is 1. The molecule has 186 valence electrons. The van der Waals surface area contributed by atoms with Gasteiger partial charge >= 0.3 is 5.97 Å². The quantitative estimate of drug-likeness (QED) is 0.118. The number of carbonyl (C=O) groups excluding carboxylic acids is 1. The van der Waals surface area contributed by atoms with Crippen LogP contribution in [0.1, 0.15) is 12.5 Å². The van der Waals surface area contributed by atoms with E-state index in [0.717, 1.165) is 33.2 Å². The van der Waals surface area contributed by atoms with Crippen LogP contribution in [0.5, 0.6) is 11.5 Å². The molecule has 5 nitrogen and oxygen atoms in total. The first-order valence-electron chi connectivity index (χ1n) is 11.6. The molecule has 0 amide bonds. The van der Waals surface area contributed by atoms with E-state index in [1.807, 2.05) is 53.7 Å². The molecule has 7 heteroatoms. The van der Waals surface area contributed by atoms with Gasteiger partial charge < -0.3 is 18.5 Å². The molecule has 0 spiro atoms. The number of methoxy groups -OCH3 is 2. The Bertz CT molecular complexity index is 1290. The average Bonchev–Trinajstić information content (AvgIpc) is 2.92. The molecule has 0 bridgehead atoms. The van der Waals surface area contributed by atoms with Crippen LogP contribution in [-0.4, -0.2) is 33.3 Å². The van der Waals surface area contributed by atoms with Gasteiger partial charge in [0.15, 0.2) is 0 Å². The van der Waals surface area contributed by atoms with E-state index < -0.39 is 0 Å². The maximum atomic E-state index is 12.5. The molecular weight excluding hydrogens is 490 g/mol. The van der Waals surface area contributed by atoms with Gasteiger partial charge in [0.2, 0.25) is 0 Å². The summed E-state index contributed by atoms with van der Waals surface area (Å²) in [6.45, 7) is 2.31. The van der Waals surface area contributed by atoms with Crippen LogP contribution in [-0.2, 0) is 15.3 Å². The Morgan fingerprint density at radius 3 is 2.00 bits per heavy atom. The van der Waals surface area contributed by atoms with Gasteiger partial charge in [0.25, 0.3) is 0 Å². The first-order chi connectivity index (χ1) is 17.6. The van der Waals surface area contributed by atoms with Gasteiger partial charge in [-0.3, -0.25) is 4.79 Å². The number of ether oxygens (including phenoxy) is 3. The summed E-state index contributed by atoms with van der Waals surface area (Å²) in [5, 5.41) is 2.26. The highest BCUT2D eigenvalue weighted by Gasteiger charge is 2.18. The molecule has 4 aromatic carbocycles. The third-order valence-corrected chi connectivity index (χ3v) is 7.66. The number of benzene rings is 4. The molecule has 0 fully saturated rings. The molecule has 0 aliphatic rings. The molecule has 0 saturated carbocycles. The number of anilines is 1. The number of nitrogens with zero attached hydrogens (tertiary/aromatic N) is 1. The SMILES string of the molecule is CCOC(=O)CN(Sc1ccc(OC)cc1)c1ccc(CSc2ccc(OC)cc2)c2ccccc12. The van der Waals surface area contributed by atoms with Gasteiger partial charge in [-0.2, -0.15) is 0 Å². The molecule has 0 N–H and O–H groups in total. The lowest BCUT2D eigenvalue weighted by Crippen LogP contribution is -2.25. The van der Waals surface area contributed by atoms with E-state index in [-0.39, 0.29) is 12.5 Å². The highest BCUT2D eigenvalue weighted by molar-refractivity contribution is 8.00. The van der Waals surface area contributed by atoms with Crippen LogP contribution in [0, 0.1) is 0 Å². The third kappa shape index (κ3) is 6.47. The molecule has 0 heterocycles. The summed E-state index contributed by atoms with van der Waals surface area (Å²) in [4.78, 5) is 14.7. The monoisotopic (exact) mass is 519 g/mol. The molecule has 4 aromatic rings. The van der Waals surface area contributed by atoms with Crippen molar-refractivity contribution in [1.82, 2.24) is 0 Å². The van der Waals surface area contributed by atoms with Gasteiger partial charge in [-0.25, -0.2) is 0 Å². The summed E-state index contributed by atoms with van der Waals surface area (Å²) in [6.07, 6.45) is 0. The molecule has 36 heavy (non-hydrogen) atoms. The molecule has 0 saturated heterocycles. The van der Waals surface area contributed by atoms with Crippen LogP contribution in [0.2, 0.25) is 0 Å². The molecular formula is C29H29NO4S2. The van der Waals surface area contributed by atoms with E-state index in [4.69, 9.17) is 14.2 Å². The first-order valence-corrected chi connectivity index (χ1v) is 13.4. The minimum atomic E-state index is -0.262. The van der Waals surface area contributed by atoms with Gasteiger partial charge in [-0.15, -0.1) is 11.8 Å². The van der Waals surface area contributed by atoms with Crippen molar-refractivity contribution in [2.24, 2.45) is 0 Å². The molecule has 4 rings (SSSR count). The van der Waals surface area contributed by atoms with E-state index in [0.29, 0.717) is 6.61 Å². The molecule has 0 aliphatic carbocycles. The number of rotatable bonds is 11. The van der Waals surface area contributed by atoms with Crippen LogP contribution in [0.3, 0.4) is 0 Å². The lowest BCUT2D eigenvalue weighted by atomic mass is 10.0. The number of hydrogen-bond acceptors (Lipinski definition) is 7. The zero-order valence-electron chi connectivity index (χ0n) is 20.6. The highest BCUT2D eigenvalue weighted by Crippen LogP contribution is 2.38. The van der Waals surface area contributed by atoms with Crippen molar-refractivity contribution >= 4 is 46.1 Å². The second-order valence-corrected chi connectivity index (χ2v) is 10.0. The molecule has 0 aromatic heterocycles. The number of carbonyl (C=O) groups is 1. The van der Waals surface area contributed by atoms with Crippen molar-refractivity contribution < 1.29 is 19.0 Å². The second-order valence-electron chi connectivity index (χ2n) is 7.86. The van der Waals surface area contributed by atoms with Crippen LogP contribution in [0.4, 0.5) is 5.69 Å². The van der Waals surface area contributed by atoms with E-state index >= 15 is 0 Å².